The molecule has 0 unspecified atom stereocenters. The van der Waals surface area contributed by atoms with Gasteiger partial charge in [0.25, 0.3) is 5.91 Å². The van der Waals surface area contributed by atoms with Gasteiger partial charge in [0.1, 0.15) is 17.6 Å². The van der Waals surface area contributed by atoms with Gasteiger partial charge in [0.2, 0.25) is 17.6 Å². The van der Waals surface area contributed by atoms with Crippen molar-refractivity contribution in [2.24, 2.45) is 34.5 Å². The van der Waals surface area contributed by atoms with E-state index in [9.17, 15) is 32.4 Å². The highest BCUT2D eigenvalue weighted by atomic mass is 32.2. The number of Topliss-reactive ketones (excluding diaryl/α,β-unsaturated/α-hetero) is 1. The maximum atomic E-state index is 14.6. The van der Waals surface area contributed by atoms with Crippen LogP contribution in [0.1, 0.15) is 127 Å². The molecule has 0 spiro atoms. The number of hydrogen-bond donors (Lipinski definition) is 4. The van der Waals surface area contributed by atoms with E-state index in [2.05, 4.69) is 35.1 Å². The fourth-order valence-electron chi connectivity index (χ4n) is 9.11. The van der Waals surface area contributed by atoms with Crippen molar-refractivity contribution in [2.45, 2.75) is 160 Å². The lowest BCUT2D eigenvalue weighted by atomic mass is 9.79. The average molecular weight is 734 g/mol. The van der Waals surface area contributed by atoms with E-state index in [1.807, 2.05) is 27.7 Å². The van der Waals surface area contributed by atoms with E-state index in [1.54, 1.807) is 32.6 Å². The summed E-state index contributed by atoms with van der Waals surface area (Å²) < 4.78 is 26.3. The summed E-state index contributed by atoms with van der Waals surface area (Å²) >= 11 is 0. The molecule has 12 nitrogen and oxygen atoms in total. The van der Waals surface area contributed by atoms with Crippen LogP contribution in [0.3, 0.4) is 0 Å². The Morgan fingerprint density at radius 3 is 2.04 bits per heavy atom. The van der Waals surface area contributed by atoms with Gasteiger partial charge in [-0.3, -0.25) is 19.2 Å². The summed E-state index contributed by atoms with van der Waals surface area (Å²) in [7, 11) is -3.64. The summed E-state index contributed by atoms with van der Waals surface area (Å²) in [6, 6.07) is -2.51. The monoisotopic (exact) mass is 733 g/mol. The number of ketones is 1. The molecule has 13 heteroatoms. The van der Waals surface area contributed by atoms with E-state index in [1.165, 1.54) is 0 Å². The molecule has 5 aliphatic rings. The van der Waals surface area contributed by atoms with Gasteiger partial charge < -0.3 is 26.2 Å². The van der Waals surface area contributed by atoms with Gasteiger partial charge in [0, 0.05) is 13.1 Å². The number of likely N-dealkylation sites (tertiary alicyclic amines) is 1. The van der Waals surface area contributed by atoms with Crippen molar-refractivity contribution in [2.75, 3.05) is 13.1 Å². The Bertz CT molecular complexity index is 1540. The number of nitrogens with one attached hydrogen (secondary N) is 4. The first-order valence-electron chi connectivity index (χ1n) is 19.2. The predicted octanol–water partition coefficient (Wildman–Crippen LogP) is 3.87. The van der Waals surface area contributed by atoms with Crippen molar-refractivity contribution >= 4 is 39.4 Å². The molecule has 4 aliphatic carbocycles. The van der Waals surface area contributed by atoms with Crippen LogP contribution in [0, 0.1) is 34.5 Å². The number of rotatable bonds is 12. The Balaban J connectivity index is 1.36. The fraction of sp³-hybridized carbons (Fsp3) is 0.868. The Hall–Kier alpha value is -2.70. The number of hydrogen-bond acceptors (Lipinski definition) is 7. The van der Waals surface area contributed by atoms with E-state index >= 15 is 0 Å². The lowest BCUT2D eigenvalue weighted by Gasteiger charge is -2.45. The topological polar surface area (TPSA) is 171 Å². The predicted molar refractivity (Wildman–Crippen MR) is 195 cm³/mol. The van der Waals surface area contributed by atoms with E-state index in [-0.39, 0.29) is 23.2 Å². The number of piperidine rings is 1. The van der Waals surface area contributed by atoms with Crippen LogP contribution in [0.2, 0.25) is 0 Å². The lowest BCUT2D eigenvalue weighted by Crippen LogP contribution is -2.66. The third kappa shape index (κ3) is 7.30. The van der Waals surface area contributed by atoms with Crippen molar-refractivity contribution in [1.29, 1.82) is 0 Å². The van der Waals surface area contributed by atoms with Gasteiger partial charge >= 0.3 is 6.03 Å². The van der Waals surface area contributed by atoms with Crippen LogP contribution in [-0.2, 0) is 29.0 Å². The Morgan fingerprint density at radius 2 is 1.53 bits per heavy atom. The van der Waals surface area contributed by atoms with E-state index in [0.29, 0.717) is 44.7 Å². The Morgan fingerprint density at radius 1 is 0.922 bits per heavy atom. The number of nitrogens with zero attached hydrogens (tertiary/aromatic N) is 1. The minimum absolute atomic E-state index is 0.0651. The lowest BCUT2D eigenvalue weighted by molar-refractivity contribution is -0.146. The molecule has 4 saturated carbocycles. The molecule has 5 rings (SSSR count). The van der Waals surface area contributed by atoms with Crippen molar-refractivity contribution in [3.05, 3.63) is 0 Å². The van der Waals surface area contributed by atoms with Crippen LogP contribution in [0.4, 0.5) is 4.79 Å². The largest absolute Gasteiger partial charge is 0.349 e. The van der Waals surface area contributed by atoms with Gasteiger partial charge in [-0.2, -0.15) is 0 Å². The van der Waals surface area contributed by atoms with Gasteiger partial charge in [-0.25, -0.2) is 13.2 Å². The summed E-state index contributed by atoms with van der Waals surface area (Å²) in [6.07, 6.45) is 6.58. The molecular weight excluding hydrogens is 671 g/mol. The van der Waals surface area contributed by atoms with Gasteiger partial charge in [0.05, 0.1) is 15.5 Å². The van der Waals surface area contributed by atoms with Gasteiger partial charge in [0.15, 0.2) is 9.84 Å². The molecule has 0 aromatic rings. The van der Waals surface area contributed by atoms with Crippen LogP contribution in [0.25, 0.3) is 0 Å². The molecule has 1 saturated heterocycles. The number of fused-ring (bicyclic) bond motifs is 1. The molecule has 0 bridgehead atoms. The van der Waals surface area contributed by atoms with Crippen LogP contribution in [0.5, 0.6) is 0 Å². The molecule has 5 fully saturated rings. The van der Waals surface area contributed by atoms with Gasteiger partial charge in [-0.05, 0) is 94.3 Å². The molecular formula is C38H63N5O7S. The second kappa shape index (κ2) is 13.3. The quantitative estimate of drug-likeness (QED) is 0.221. The van der Waals surface area contributed by atoms with Crippen molar-refractivity contribution < 1.29 is 32.4 Å². The zero-order valence-corrected chi connectivity index (χ0v) is 33.3. The first kappa shape index (κ1) is 39.5. The molecule has 1 heterocycles. The van der Waals surface area contributed by atoms with E-state index in [0.717, 1.165) is 32.1 Å². The highest BCUT2D eigenvalue weighted by Crippen LogP contribution is 2.65. The first-order chi connectivity index (χ1) is 23.4. The highest BCUT2D eigenvalue weighted by molar-refractivity contribution is 7.93. The normalized spacial score (nSPS) is 30.7. The molecule has 51 heavy (non-hydrogen) atoms. The van der Waals surface area contributed by atoms with Gasteiger partial charge in [-0.1, -0.05) is 67.2 Å². The van der Waals surface area contributed by atoms with Crippen LogP contribution < -0.4 is 21.3 Å². The highest BCUT2D eigenvalue weighted by Gasteiger charge is 2.71. The minimum atomic E-state index is -3.64. The number of amides is 5. The average Bonchev–Trinajstić information content (AvgIpc) is 3.99. The molecule has 0 radical (unpaired) electrons. The molecule has 288 valence electrons. The summed E-state index contributed by atoms with van der Waals surface area (Å²) in [5, 5.41) is 10.9. The standard InChI is InChI=1S/C38H63N5O7S/c1-11-24-19-38(24,29(44)31(46)39-20-23-15-16-23)41-30(45)27-26-25(36(26,9)10)21-43(27)32(47)28(34(3,4)5)40-33(48)42-37(17-13-12-14-18-37)22(2)51(49,50)35(6,7)8/h22-28H,11-21H2,1-10H3,(H,39,46)(H,41,45)(H2,40,42,48)/t22-,24+,25-,26-,27-,28+,38-/m0/s1. The number of carbonyl (C=O) groups is 5. The first-order valence-corrected chi connectivity index (χ1v) is 20.8. The second-order valence-corrected chi connectivity index (χ2v) is 22.1. The maximum absolute atomic E-state index is 14.6. The molecule has 0 aromatic heterocycles. The summed E-state index contributed by atoms with van der Waals surface area (Å²) in [6.45, 7) is 19.1. The molecule has 5 amide bonds. The number of urea groups is 1. The second-order valence-electron chi connectivity index (χ2n) is 19.1. The Kier molecular flexibility index (Phi) is 10.3. The van der Waals surface area contributed by atoms with Crippen LogP contribution >= 0.6 is 0 Å². The minimum Gasteiger partial charge on any atom is -0.349 e. The van der Waals surface area contributed by atoms with Gasteiger partial charge in [-0.15, -0.1) is 0 Å². The molecule has 0 aromatic carbocycles. The Labute approximate surface area is 305 Å². The van der Waals surface area contributed by atoms with Crippen LogP contribution in [-0.4, -0.2) is 89.1 Å². The third-order valence-electron chi connectivity index (χ3n) is 13.2. The van der Waals surface area contributed by atoms with Crippen molar-refractivity contribution in [1.82, 2.24) is 26.2 Å². The SMILES string of the molecule is CC[C@@H]1C[C@@]1(NC(=O)[C@@H]1[C@@H]2[C@H](CN1C(=O)[C@@H](NC(=O)NC1([C@H](C)S(=O)(=O)C(C)(C)C)CCCCC1)C(C)(C)C)C2(C)C)C(=O)C(=O)NCC1CC1. The summed E-state index contributed by atoms with van der Waals surface area (Å²) in [4.78, 5) is 70.8. The number of sulfone groups is 1. The van der Waals surface area contributed by atoms with E-state index < -0.39 is 77.9 Å². The van der Waals surface area contributed by atoms with Crippen molar-refractivity contribution in [3.63, 3.8) is 0 Å². The fourth-order valence-corrected chi connectivity index (χ4v) is 11.1. The van der Waals surface area contributed by atoms with E-state index in [4.69, 9.17) is 0 Å². The molecule has 4 N–H and O–H groups in total. The van der Waals surface area contributed by atoms with Crippen molar-refractivity contribution in [3.8, 4) is 0 Å². The van der Waals surface area contributed by atoms with Crippen LogP contribution in [0.15, 0.2) is 0 Å². The third-order valence-corrected chi connectivity index (χ3v) is 16.2. The zero-order chi connectivity index (χ0) is 38.1. The molecule has 1 aliphatic heterocycles. The summed E-state index contributed by atoms with van der Waals surface area (Å²) in [5.41, 5.74) is -3.24. The summed E-state index contributed by atoms with van der Waals surface area (Å²) in [5.74, 6) is -1.99. The zero-order valence-electron chi connectivity index (χ0n) is 32.5. The smallest absolute Gasteiger partial charge is 0.315 e. The molecule has 7 atom stereocenters. The maximum Gasteiger partial charge on any atom is 0.315 e. The number of carbonyl (C=O) groups excluding carboxylic acids is 5.